The second-order valence-corrected chi connectivity index (χ2v) is 7.36. The van der Waals surface area contributed by atoms with E-state index in [0.29, 0.717) is 0 Å². The van der Waals surface area contributed by atoms with Gasteiger partial charge in [-0.25, -0.2) is 14.4 Å². The van der Waals surface area contributed by atoms with Crippen molar-refractivity contribution in [3.63, 3.8) is 0 Å². The van der Waals surface area contributed by atoms with Gasteiger partial charge in [0, 0.05) is 29.5 Å². The van der Waals surface area contributed by atoms with Crippen molar-refractivity contribution >= 4 is 17.9 Å². The van der Waals surface area contributed by atoms with E-state index in [9.17, 15) is 14.4 Å². The first kappa shape index (κ1) is 33.5. The number of carbonyl (C=O) groups is 3. The van der Waals surface area contributed by atoms with E-state index in [-0.39, 0.29) is 0 Å². The van der Waals surface area contributed by atoms with Crippen LogP contribution in [0.5, 0.6) is 0 Å². The molecule has 0 N–H and O–H groups in total. The van der Waals surface area contributed by atoms with E-state index in [2.05, 4.69) is 60.2 Å². The summed E-state index contributed by atoms with van der Waals surface area (Å²) in [6.07, 6.45) is -3.65. The minimum atomic E-state index is -1.22. The Morgan fingerprint density at radius 1 is 0.476 bits per heavy atom. The second kappa shape index (κ2) is 19.5. The molecule has 1 aromatic rings. The number of azide groups is 6. The van der Waals surface area contributed by atoms with E-state index in [1.165, 1.54) is 0 Å². The molecule has 42 heavy (non-hydrogen) atoms. The summed E-state index contributed by atoms with van der Waals surface area (Å²) in [4.78, 5) is 54.0. The smallest absolute Gasteiger partial charge is 0.338 e. The van der Waals surface area contributed by atoms with Gasteiger partial charge < -0.3 is 14.2 Å². The number of hydrogen-bond donors (Lipinski definition) is 0. The third-order valence-electron chi connectivity index (χ3n) is 4.55. The molecule has 0 radical (unpaired) electrons. The van der Waals surface area contributed by atoms with E-state index >= 15 is 0 Å². The van der Waals surface area contributed by atoms with Crippen LogP contribution in [0, 0.1) is 0 Å². The maximum Gasteiger partial charge on any atom is 0.338 e. The highest BCUT2D eigenvalue weighted by Gasteiger charge is 2.24. The molecule has 0 fully saturated rings. The van der Waals surface area contributed by atoms with Crippen molar-refractivity contribution in [2.75, 3.05) is 39.3 Å². The van der Waals surface area contributed by atoms with Crippen molar-refractivity contribution in [2.45, 2.75) is 18.3 Å². The molecule has 0 aliphatic rings. The zero-order valence-corrected chi connectivity index (χ0v) is 21.2. The summed E-state index contributed by atoms with van der Waals surface area (Å²) in [5, 5.41) is 19.6. The van der Waals surface area contributed by atoms with Crippen LogP contribution in [0.3, 0.4) is 0 Å². The van der Waals surface area contributed by atoms with Gasteiger partial charge in [0.25, 0.3) is 0 Å². The Kier molecular flexibility index (Phi) is 15.6. The molecule has 0 bridgehead atoms. The maximum absolute atomic E-state index is 12.9. The van der Waals surface area contributed by atoms with Crippen LogP contribution >= 0.6 is 0 Å². The topological polar surface area (TPSA) is 371 Å². The number of esters is 3. The van der Waals surface area contributed by atoms with Gasteiger partial charge >= 0.3 is 17.9 Å². The fourth-order valence-corrected chi connectivity index (χ4v) is 2.80. The molecule has 0 heterocycles. The van der Waals surface area contributed by atoms with Crippen molar-refractivity contribution in [3.05, 3.63) is 97.5 Å². The Bertz CT molecular complexity index is 1200. The minimum Gasteiger partial charge on any atom is -0.459 e. The lowest BCUT2D eigenvalue weighted by molar-refractivity contribution is 0.0336. The predicted octanol–water partition coefficient (Wildman–Crippen LogP) is 5.12. The van der Waals surface area contributed by atoms with Crippen LogP contribution in [0.4, 0.5) is 0 Å². The molecule has 0 atom stereocenters. The van der Waals surface area contributed by atoms with Crippen LogP contribution in [0.1, 0.15) is 31.1 Å². The zero-order chi connectivity index (χ0) is 31.2. The molecule has 0 saturated carbocycles. The van der Waals surface area contributed by atoms with Crippen LogP contribution in [0.15, 0.2) is 48.9 Å². The van der Waals surface area contributed by atoms with Gasteiger partial charge in [0.15, 0.2) is 0 Å². The Morgan fingerprint density at radius 3 is 0.833 bits per heavy atom. The Balaban J connectivity index is 3.51. The number of hydrogen-bond acceptors (Lipinski definition) is 12. The van der Waals surface area contributed by atoms with Gasteiger partial charge in [0.2, 0.25) is 0 Å². The van der Waals surface area contributed by atoms with Gasteiger partial charge in [-0.2, -0.15) is 0 Å². The van der Waals surface area contributed by atoms with Gasteiger partial charge in [-0.3, -0.25) is 0 Å². The molecule has 1 rings (SSSR count). The Hall–Kier alpha value is -6.51. The van der Waals surface area contributed by atoms with Crippen molar-refractivity contribution < 1.29 is 28.6 Å². The van der Waals surface area contributed by atoms with Crippen LogP contribution in [-0.2, 0) is 14.2 Å². The molecule has 0 aromatic heterocycles. The van der Waals surface area contributed by atoms with Gasteiger partial charge in [-0.15, -0.1) is 0 Å². The highest BCUT2D eigenvalue weighted by atomic mass is 16.6. The van der Waals surface area contributed by atoms with E-state index < -0.39 is 92.2 Å². The van der Waals surface area contributed by atoms with Gasteiger partial charge in [-0.05, 0) is 51.4 Å². The maximum atomic E-state index is 12.9. The Labute approximate surface area is 232 Å². The normalized spacial score (nSPS) is 11.4. The van der Waals surface area contributed by atoms with E-state index in [1.54, 1.807) is 0 Å². The molecule has 0 aliphatic carbocycles. The summed E-state index contributed by atoms with van der Waals surface area (Å²) in [5.74, 6) is -3.45. The summed E-state index contributed by atoms with van der Waals surface area (Å²) in [5.41, 5.74) is 50.1. The first-order chi connectivity index (χ1) is 20.3. The number of nitrogens with zero attached hydrogens (tertiary/aromatic N) is 18. The molecule has 216 valence electrons. The molecule has 0 spiro atoms. The van der Waals surface area contributed by atoms with Crippen LogP contribution in [-0.4, -0.2) is 75.5 Å². The van der Waals surface area contributed by atoms with Crippen LogP contribution < -0.4 is 0 Å². The minimum absolute atomic E-state index is 0.411. The molecule has 1 aromatic carbocycles. The lowest BCUT2D eigenvalue weighted by Gasteiger charge is -2.17. The highest BCUT2D eigenvalue weighted by Crippen LogP contribution is 2.17. The SMILES string of the molecule is [N-]=[N+]=NCC(CN=[N+]=[N-])OC(=O)c1cc(C(=O)OC(CN=[N+]=[N-])CN=[N+]=[N-])cc(C(=O)OC(CN=[N+]=[N-])CN=[N+]=[N-])c1. The van der Waals surface area contributed by atoms with Gasteiger partial charge in [0.1, 0.15) is 18.3 Å². The number of rotatable bonds is 18. The van der Waals surface area contributed by atoms with Gasteiger partial charge in [0.05, 0.1) is 56.0 Å². The predicted molar refractivity (Wildman–Crippen MR) is 138 cm³/mol. The molecule has 0 aliphatic heterocycles. The van der Waals surface area contributed by atoms with Crippen molar-refractivity contribution in [1.82, 2.24) is 0 Å². The van der Waals surface area contributed by atoms with Crippen molar-refractivity contribution in [2.24, 2.45) is 30.7 Å². The number of benzene rings is 1. The van der Waals surface area contributed by atoms with Crippen LogP contribution in [0.2, 0.25) is 0 Å². The summed E-state index contributed by atoms with van der Waals surface area (Å²) in [7, 11) is 0. The molecule has 0 saturated heterocycles. The third kappa shape index (κ3) is 12.4. The standard InChI is InChI=1S/C18H18N18O6/c19-31-25-4-13(5-26-32-20)40-16(37)10-1-11(17(38)41-14(6-27-33-21)7-28-34-22)3-12(2-10)18(39)42-15(8-29-35-23)9-30-36-24/h1-3,13-15H,4-9H2. The quantitative estimate of drug-likeness (QED) is 0.0741. The first-order valence-electron chi connectivity index (χ1n) is 11.2. The van der Waals surface area contributed by atoms with Crippen molar-refractivity contribution in [3.8, 4) is 0 Å². The number of carbonyl (C=O) groups excluding carboxylic acids is 3. The third-order valence-corrected chi connectivity index (χ3v) is 4.55. The zero-order valence-electron chi connectivity index (χ0n) is 21.2. The van der Waals surface area contributed by atoms with E-state index in [0.717, 1.165) is 18.2 Å². The van der Waals surface area contributed by atoms with Crippen LogP contribution in [0.25, 0.3) is 62.7 Å². The molecular formula is C18H18N18O6. The highest BCUT2D eigenvalue weighted by molar-refractivity contribution is 6.00. The molecule has 0 amide bonds. The monoisotopic (exact) mass is 582 g/mol. The lowest BCUT2D eigenvalue weighted by Crippen LogP contribution is -2.27. The number of ether oxygens (including phenoxy) is 3. The molecule has 0 unspecified atom stereocenters. The fraction of sp³-hybridized carbons (Fsp3) is 0.500. The molecule has 24 nitrogen and oxygen atoms in total. The summed E-state index contributed by atoms with van der Waals surface area (Å²) in [6.45, 7) is -2.51. The Morgan fingerprint density at radius 2 is 0.667 bits per heavy atom. The molecule has 24 heteroatoms. The van der Waals surface area contributed by atoms with E-state index in [4.69, 9.17) is 47.4 Å². The lowest BCUT2D eigenvalue weighted by atomic mass is 10.1. The van der Waals surface area contributed by atoms with Gasteiger partial charge in [-0.1, -0.05) is 30.7 Å². The summed E-state index contributed by atoms with van der Waals surface area (Å²) >= 11 is 0. The average molecular weight is 582 g/mol. The first-order valence-corrected chi connectivity index (χ1v) is 11.2. The van der Waals surface area contributed by atoms with E-state index in [1.807, 2.05) is 0 Å². The average Bonchev–Trinajstić information content (AvgIpc) is 3.00. The fourth-order valence-electron chi connectivity index (χ4n) is 2.80. The molecular weight excluding hydrogens is 564 g/mol. The summed E-state index contributed by atoms with van der Waals surface area (Å²) in [6, 6.07) is 2.90. The largest absolute Gasteiger partial charge is 0.459 e. The summed E-state index contributed by atoms with van der Waals surface area (Å²) < 4.78 is 15.6. The van der Waals surface area contributed by atoms with Crippen molar-refractivity contribution in [1.29, 1.82) is 0 Å². The second-order valence-electron chi connectivity index (χ2n) is 7.36.